The summed E-state index contributed by atoms with van der Waals surface area (Å²) in [6, 6.07) is 4.30. The van der Waals surface area contributed by atoms with Crippen LogP contribution < -0.4 is 5.32 Å². The number of halogens is 1. The first kappa shape index (κ1) is 9.49. The molecule has 2 nitrogen and oxygen atoms in total. The topological polar surface area (TPSA) is 24.9 Å². The second kappa shape index (κ2) is 4.43. The van der Waals surface area contributed by atoms with E-state index in [-0.39, 0.29) is 0 Å². The van der Waals surface area contributed by atoms with Gasteiger partial charge in [0.05, 0.1) is 0 Å². The number of hydrogen-bond donors (Lipinski definition) is 1. The highest BCUT2D eigenvalue weighted by Crippen LogP contribution is 2.06. The third-order valence-electron chi connectivity index (χ3n) is 1.82. The van der Waals surface area contributed by atoms with Crippen molar-refractivity contribution >= 4 is 11.6 Å². The van der Waals surface area contributed by atoms with E-state index in [0.717, 1.165) is 6.42 Å². The van der Waals surface area contributed by atoms with Gasteiger partial charge >= 0.3 is 0 Å². The van der Waals surface area contributed by atoms with E-state index in [9.17, 15) is 0 Å². The Morgan fingerprint density at radius 2 is 2.33 bits per heavy atom. The van der Waals surface area contributed by atoms with Gasteiger partial charge in [-0.25, -0.2) is 4.98 Å². The van der Waals surface area contributed by atoms with E-state index >= 15 is 0 Å². The Hall–Kier alpha value is -0.600. The molecule has 66 valence electrons. The summed E-state index contributed by atoms with van der Waals surface area (Å²) in [5.41, 5.74) is 1.21. The molecule has 0 aliphatic heterocycles. The molecule has 3 heteroatoms. The summed E-state index contributed by atoms with van der Waals surface area (Å²) in [6.45, 7) is 2.13. The zero-order valence-corrected chi connectivity index (χ0v) is 8.10. The van der Waals surface area contributed by atoms with Crippen LogP contribution >= 0.6 is 11.6 Å². The Morgan fingerprint density at radius 1 is 1.58 bits per heavy atom. The lowest BCUT2D eigenvalue weighted by atomic mass is 10.1. The van der Waals surface area contributed by atoms with Gasteiger partial charge in [0.2, 0.25) is 0 Å². The van der Waals surface area contributed by atoms with Gasteiger partial charge in [0.25, 0.3) is 0 Å². The molecule has 0 amide bonds. The summed E-state index contributed by atoms with van der Waals surface area (Å²) < 4.78 is 0. The van der Waals surface area contributed by atoms with Crippen LogP contribution in [-0.2, 0) is 6.42 Å². The molecule has 0 aliphatic rings. The van der Waals surface area contributed by atoms with Crippen LogP contribution in [0.4, 0.5) is 0 Å². The molecule has 1 aromatic heterocycles. The molecule has 0 aliphatic carbocycles. The van der Waals surface area contributed by atoms with E-state index in [0.29, 0.717) is 11.2 Å². The molecule has 0 saturated carbocycles. The van der Waals surface area contributed by atoms with Crippen LogP contribution in [-0.4, -0.2) is 18.1 Å². The van der Waals surface area contributed by atoms with Crippen LogP contribution in [0.2, 0.25) is 5.15 Å². The highest BCUT2D eigenvalue weighted by molar-refractivity contribution is 6.29. The van der Waals surface area contributed by atoms with Gasteiger partial charge in [-0.15, -0.1) is 0 Å². The number of hydrogen-bond acceptors (Lipinski definition) is 2. The highest BCUT2D eigenvalue weighted by atomic mass is 35.5. The van der Waals surface area contributed by atoms with Gasteiger partial charge in [-0.3, -0.25) is 0 Å². The summed E-state index contributed by atoms with van der Waals surface area (Å²) in [4.78, 5) is 4.00. The van der Waals surface area contributed by atoms with E-state index in [1.807, 2.05) is 25.4 Å². The Morgan fingerprint density at radius 3 is 2.83 bits per heavy atom. The van der Waals surface area contributed by atoms with Crippen LogP contribution in [0.1, 0.15) is 12.5 Å². The monoisotopic (exact) mass is 184 g/mol. The van der Waals surface area contributed by atoms with Gasteiger partial charge in [0, 0.05) is 12.2 Å². The van der Waals surface area contributed by atoms with Crippen molar-refractivity contribution < 1.29 is 0 Å². The Bertz CT molecular complexity index is 233. The van der Waals surface area contributed by atoms with Gasteiger partial charge in [0.15, 0.2) is 0 Å². The van der Waals surface area contributed by atoms with Crippen molar-refractivity contribution in [2.24, 2.45) is 0 Å². The second-order valence-electron chi connectivity index (χ2n) is 2.88. The lowest BCUT2D eigenvalue weighted by molar-refractivity contribution is 0.607. The summed E-state index contributed by atoms with van der Waals surface area (Å²) in [6.07, 6.45) is 2.80. The molecule has 1 heterocycles. The predicted octanol–water partition coefficient (Wildman–Crippen LogP) is 1.89. The van der Waals surface area contributed by atoms with Crippen molar-refractivity contribution in [2.75, 3.05) is 7.05 Å². The van der Waals surface area contributed by atoms with Crippen LogP contribution in [0.25, 0.3) is 0 Å². The Labute approximate surface area is 78.0 Å². The summed E-state index contributed by atoms with van der Waals surface area (Å²) >= 11 is 5.66. The normalized spacial score (nSPS) is 12.9. The van der Waals surface area contributed by atoms with Gasteiger partial charge in [-0.1, -0.05) is 17.7 Å². The first-order chi connectivity index (χ1) is 5.72. The van der Waals surface area contributed by atoms with Crippen molar-refractivity contribution in [1.82, 2.24) is 10.3 Å². The van der Waals surface area contributed by atoms with Crippen LogP contribution in [0, 0.1) is 0 Å². The van der Waals surface area contributed by atoms with Crippen LogP contribution in [0.15, 0.2) is 18.3 Å². The van der Waals surface area contributed by atoms with Crippen molar-refractivity contribution in [1.29, 1.82) is 0 Å². The molecule has 0 fully saturated rings. The van der Waals surface area contributed by atoms with Crippen molar-refractivity contribution in [3.05, 3.63) is 29.0 Å². The molecule has 1 atom stereocenters. The number of rotatable bonds is 3. The molecule has 1 aromatic rings. The average Bonchev–Trinajstić information content (AvgIpc) is 2.09. The SMILES string of the molecule is CNC(C)Cc1ccc(Cl)nc1. The van der Waals surface area contributed by atoms with Crippen LogP contribution in [0.3, 0.4) is 0 Å². The van der Waals surface area contributed by atoms with E-state index in [2.05, 4.69) is 17.2 Å². The number of nitrogens with zero attached hydrogens (tertiary/aromatic N) is 1. The smallest absolute Gasteiger partial charge is 0.129 e. The molecular weight excluding hydrogens is 172 g/mol. The molecule has 0 saturated heterocycles. The lowest BCUT2D eigenvalue weighted by Gasteiger charge is -2.08. The maximum atomic E-state index is 5.66. The summed E-state index contributed by atoms with van der Waals surface area (Å²) in [5, 5.41) is 3.72. The van der Waals surface area contributed by atoms with Crippen molar-refractivity contribution in [3.8, 4) is 0 Å². The van der Waals surface area contributed by atoms with Crippen LogP contribution in [0.5, 0.6) is 0 Å². The molecule has 1 rings (SSSR count). The van der Waals surface area contributed by atoms with Gasteiger partial charge in [0.1, 0.15) is 5.15 Å². The van der Waals surface area contributed by atoms with Gasteiger partial charge < -0.3 is 5.32 Å². The minimum Gasteiger partial charge on any atom is -0.317 e. The molecule has 0 bridgehead atoms. The molecular formula is C9H13ClN2. The number of likely N-dealkylation sites (N-methyl/N-ethyl adjacent to an activating group) is 1. The summed E-state index contributed by atoms with van der Waals surface area (Å²) in [5.74, 6) is 0. The molecule has 0 radical (unpaired) electrons. The zero-order valence-electron chi connectivity index (χ0n) is 7.34. The molecule has 1 unspecified atom stereocenters. The third kappa shape index (κ3) is 2.80. The largest absolute Gasteiger partial charge is 0.317 e. The molecule has 0 spiro atoms. The van der Waals surface area contributed by atoms with E-state index in [1.54, 1.807) is 0 Å². The maximum absolute atomic E-state index is 5.66. The zero-order chi connectivity index (χ0) is 8.97. The molecule has 1 N–H and O–H groups in total. The maximum Gasteiger partial charge on any atom is 0.129 e. The fourth-order valence-corrected chi connectivity index (χ4v) is 1.09. The molecule has 12 heavy (non-hydrogen) atoms. The first-order valence-corrected chi connectivity index (χ1v) is 4.38. The van der Waals surface area contributed by atoms with E-state index in [1.165, 1.54) is 5.56 Å². The standard InChI is InChI=1S/C9H13ClN2/c1-7(11-2)5-8-3-4-9(10)12-6-8/h3-4,6-7,11H,5H2,1-2H3. The minimum atomic E-state index is 0.480. The fourth-order valence-electron chi connectivity index (χ4n) is 0.983. The fraction of sp³-hybridized carbons (Fsp3) is 0.444. The Balaban J connectivity index is 2.58. The molecule has 0 aromatic carbocycles. The van der Waals surface area contributed by atoms with Gasteiger partial charge in [-0.2, -0.15) is 0 Å². The number of nitrogens with one attached hydrogen (secondary N) is 1. The lowest BCUT2D eigenvalue weighted by Crippen LogP contribution is -2.23. The minimum absolute atomic E-state index is 0.480. The second-order valence-corrected chi connectivity index (χ2v) is 3.27. The quantitative estimate of drug-likeness (QED) is 0.726. The number of pyridine rings is 1. The van der Waals surface area contributed by atoms with Crippen molar-refractivity contribution in [2.45, 2.75) is 19.4 Å². The first-order valence-electron chi connectivity index (χ1n) is 4.00. The average molecular weight is 185 g/mol. The number of aromatic nitrogens is 1. The highest BCUT2D eigenvalue weighted by Gasteiger charge is 1.99. The predicted molar refractivity (Wildman–Crippen MR) is 51.5 cm³/mol. The third-order valence-corrected chi connectivity index (χ3v) is 2.05. The van der Waals surface area contributed by atoms with E-state index < -0.39 is 0 Å². The van der Waals surface area contributed by atoms with E-state index in [4.69, 9.17) is 11.6 Å². The summed E-state index contributed by atoms with van der Waals surface area (Å²) in [7, 11) is 1.95. The van der Waals surface area contributed by atoms with Gasteiger partial charge in [-0.05, 0) is 32.0 Å². The van der Waals surface area contributed by atoms with Crippen molar-refractivity contribution in [3.63, 3.8) is 0 Å². The Kier molecular flexibility index (Phi) is 3.50.